The summed E-state index contributed by atoms with van der Waals surface area (Å²) in [5, 5.41) is 2.22. The molecule has 0 N–H and O–H groups in total. The van der Waals surface area contributed by atoms with E-state index >= 15 is 0 Å². The third-order valence-corrected chi connectivity index (χ3v) is 7.02. The summed E-state index contributed by atoms with van der Waals surface area (Å²) in [5.74, 6) is 0. The highest BCUT2D eigenvalue weighted by atomic mass is 32.2. The first-order valence-corrected chi connectivity index (χ1v) is 11.0. The molecule has 0 amide bonds. The molecule has 1 aromatic heterocycles. The minimum atomic E-state index is -0.321. The fraction of sp³-hybridized carbons (Fsp3) is 0.0800. The van der Waals surface area contributed by atoms with Crippen molar-refractivity contribution < 1.29 is 0 Å². The molecular weight excluding hydrogens is 378 g/mol. The zero-order valence-electron chi connectivity index (χ0n) is 15.7. The van der Waals surface area contributed by atoms with Crippen LogP contribution >= 0.6 is 23.1 Å². The zero-order chi connectivity index (χ0) is 19.2. The molecule has 1 nitrogen and oxygen atoms in total. The third kappa shape index (κ3) is 3.68. The van der Waals surface area contributed by atoms with Crippen molar-refractivity contribution >= 4 is 29.2 Å². The first-order chi connectivity index (χ1) is 13.8. The fourth-order valence-electron chi connectivity index (χ4n) is 3.39. The molecule has 0 saturated heterocycles. The average molecular weight is 400 g/mol. The van der Waals surface area contributed by atoms with E-state index in [0.717, 1.165) is 5.69 Å². The molecule has 138 valence electrons. The van der Waals surface area contributed by atoms with Gasteiger partial charge in [-0.2, -0.15) is 0 Å². The van der Waals surface area contributed by atoms with Crippen molar-refractivity contribution in [3.63, 3.8) is 0 Å². The number of thiazole rings is 1. The zero-order valence-corrected chi connectivity index (χ0v) is 17.3. The molecule has 0 aliphatic rings. The Morgan fingerprint density at radius 2 is 1.21 bits per heavy atom. The highest BCUT2D eigenvalue weighted by Crippen LogP contribution is 2.49. The smallest absolute Gasteiger partial charge is 0.0948 e. The van der Waals surface area contributed by atoms with Crippen molar-refractivity contribution in [3.05, 3.63) is 129 Å². The number of rotatable bonds is 6. The Bertz CT molecular complexity index is 941. The van der Waals surface area contributed by atoms with Crippen molar-refractivity contribution in [1.82, 2.24) is 4.98 Å². The van der Waals surface area contributed by atoms with Crippen molar-refractivity contribution in [2.24, 2.45) is 0 Å². The lowest BCUT2D eigenvalue weighted by Gasteiger charge is -2.34. The number of thioether (sulfide) groups is 1. The van der Waals surface area contributed by atoms with Gasteiger partial charge in [-0.15, -0.1) is 23.1 Å². The maximum Gasteiger partial charge on any atom is 0.0948 e. The Labute approximate surface area is 174 Å². The van der Waals surface area contributed by atoms with Crippen LogP contribution in [0.25, 0.3) is 6.08 Å². The molecule has 4 aromatic rings. The number of hydrogen-bond donors (Lipinski definition) is 0. The second-order valence-corrected chi connectivity index (χ2v) is 8.51. The summed E-state index contributed by atoms with van der Waals surface area (Å²) in [5.41, 5.74) is 6.78. The van der Waals surface area contributed by atoms with Gasteiger partial charge in [0.25, 0.3) is 0 Å². The van der Waals surface area contributed by atoms with Crippen LogP contribution in [-0.4, -0.2) is 4.98 Å². The third-order valence-electron chi connectivity index (χ3n) is 4.79. The molecule has 0 aliphatic carbocycles. The van der Waals surface area contributed by atoms with Crippen molar-refractivity contribution in [2.45, 2.75) is 11.7 Å². The van der Waals surface area contributed by atoms with Crippen LogP contribution in [0, 0.1) is 6.92 Å². The van der Waals surface area contributed by atoms with Gasteiger partial charge in [0.1, 0.15) is 0 Å². The summed E-state index contributed by atoms with van der Waals surface area (Å²) >= 11 is 3.51. The minimum Gasteiger partial charge on any atom is -0.249 e. The number of aryl methyl sites for hydroxylation is 1. The van der Waals surface area contributed by atoms with E-state index in [4.69, 9.17) is 0 Å². The van der Waals surface area contributed by atoms with Gasteiger partial charge in [0, 0.05) is 0 Å². The second kappa shape index (κ2) is 8.59. The van der Waals surface area contributed by atoms with E-state index in [9.17, 15) is 0 Å². The highest BCUT2D eigenvalue weighted by Gasteiger charge is 2.36. The van der Waals surface area contributed by atoms with E-state index in [2.05, 4.69) is 114 Å². The lowest BCUT2D eigenvalue weighted by molar-refractivity contribution is 0.900. The molecule has 0 unspecified atom stereocenters. The maximum atomic E-state index is 4.36. The molecule has 0 spiro atoms. The van der Waals surface area contributed by atoms with E-state index in [-0.39, 0.29) is 4.75 Å². The van der Waals surface area contributed by atoms with Gasteiger partial charge in [0.2, 0.25) is 0 Å². The summed E-state index contributed by atoms with van der Waals surface area (Å²) in [6.07, 6.45) is 2.18. The molecule has 0 bridgehead atoms. The Balaban J connectivity index is 1.88. The lowest BCUT2D eigenvalue weighted by atomic mass is 9.84. The molecule has 1 heterocycles. The predicted octanol–water partition coefficient (Wildman–Crippen LogP) is 7.15. The van der Waals surface area contributed by atoms with E-state index in [0.29, 0.717) is 0 Å². The van der Waals surface area contributed by atoms with Gasteiger partial charge in [0.05, 0.1) is 20.8 Å². The lowest BCUT2D eigenvalue weighted by Crippen LogP contribution is -2.24. The Morgan fingerprint density at radius 1 is 0.750 bits per heavy atom. The molecule has 3 aromatic carbocycles. The predicted molar refractivity (Wildman–Crippen MR) is 123 cm³/mol. The summed E-state index contributed by atoms with van der Waals surface area (Å²) in [6.45, 7) is 2.06. The number of nitrogens with zero attached hydrogens (tertiary/aromatic N) is 1. The van der Waals surface area contributed by atoms with E-state index in [1.54, 1.807) is 11.3 Å². The molecule has 4 rings (SSSR count). The SMILES string of the molecule is Cc1ncsc1C=CSC(c1ccccc1)(c1ccccc1)c1ccccc1. The summed E-state index contributed by atoms with van der Waals surface area (Å²) in [6, 6.07) is 32.3. The van der Waals surface area contributed by atoms with Crippen molar-refractivity contribution in [3.8, 4) is 0 Å². The molecule has 3 heteroatoms. The highest BCUT2D eigenvalue weighted by molar-refractivity contribution is 8.03. The average Bonchev–Trinajstić information content (AvgIpc) is 3.18. The van der Waals surface area contributed by atoms with Crippen LogP contribution in [0.3, 0.4) is 0 Å². The number of aromatic nitrogens is 1. The van der Waals surface area contributed by atoms with Gasteiger partial charge in [0.15, 0.2) is 0 Å². The number of hydrogen-bond acceptors (Lipinski definition) is 3. The topological polar surface area (TPSA) is 12.9 Å². The van der Waals surface area contributed by atoms with Crippen molar-refractivity contribution in [2.75, 3.05) is 0 Å². The Hall–Kier alpha value is -2.62. The van der Waals surface area contributed by atoms with E-state index in [1.165, 1.54) is 21.6 Å². The van der Waals surface area contributed by atoms with Gasteiger partial charge in [-0.1, -0.05) is 91.0 Å². The van der Waals surface area contributed by atoms with Gasteiger partial charge >= 0.3 is 0 Å². The van der Waals surface area contributed by atoms with Gasteiger partial charge < -0.3 is 0 Å². The summed E-state index contributed by atoms with van der Waals surface area (Å²) in [7, 11) is 0. The molecule has 0 saturated carbocycles. The first-order valence-electron chi connectivity index (χ1n) is 9.22. The molecule has 0 aliphatic heterocycles. The maximum absolute atomic E-state index is 4.36. The Kier molecular flexibility index (Phi) is 5.75. The van der Waals surface area contributed by atoms with Gasteiger partial charge in [-0.25, -0.2) is 4.98 Å². The van der Waals surface area contributed by atoms with Crippen LogP contribution in [0.5, 0.6) is 0 Å². The van der Waals surface area contributed by atoms with Crippen LogP contribution in [0.4, 0.5) is 0 Å². The van der Waals surface area contributed by atoms with Crippen LogP contribution in [0.15, 0.2) is 102 Å². The second-order valence-electron chi connectivity index (χ2n) is 6.50. The van der Waals surface area contributed by atoms with E-state index < -0.39 is 0 Å². The minimum absolute atomic E-state index is 0.321. The monoisotopic (exact) mass is 399 g/mol. The van der Waals surface area contributed by atoms with Crippen LogP contribution in [0.2, 0.25) is 0 Å². The van der Waals surface area contributed by atoms with Crippen LogP contribution < -0.4 is 0 Å². The summed E-state index contributed by atoms with van der Waals surface area (Å²) in [4.78, 5) is 5.57. The van der Waals surface area contributed by atoms with Crippen LogP contribution in [0.1, 0.15) is 27.3 Å². The van der Waals surface area contributed by atoms with Gasteiger partial charge in [-0.05, 0) is 35.1 Å². The quantitative estimate of drug-likeness (QED) is 0.319. The standard InChI is InChI=1S/C25H21NS2/c1-20-24(27-19-26-20)17-18-28-25(21-11-5-2-6-12-21,22-13-7-3-8-14-22)23-15-9-4-10-16-23/h2-19H,1H3. The van der Waals surface area contributed by atoms with E-state index in [1.807, 2.05) is 17.3 Å². The van der Waals surface area contributed by atoms with Gasteiger partial charge in [-0.3, -0.25) is 0 Å². The largest absolute Gasteiger partial charge is 0.249 e. The molecular formula is C25H21NS2. The molecule has 0 radical (unpaired) electrons. The summed E-state index contributed by atoms with van der Waals surface area (Å²) < 4.78 is -0.321. The fourth-order valence-corrected chi connectivity index (χ4v) is 5.40. The molecule has 0 fully saturated rings. The van der Waals surface area contributed by atoms with Crippen molar-refractivity contribution in [1.29, 1.82) is 0 Å². The molecule has 28 heavy (non-hydrogen) atoms. The first kappa shape index (κ1) is 18.7. The molecule has 0 atom stereocenters. The normalized spacial score (nSPS) is 11.8. The Morgan fingerprint density at radius 3 is 1.61 bits per heavy atom. The number of benzene rings is 3. The van der Waals surface area contributed by atoms with Crippen LogP contribution in [-0.2, 0) is 4.75 Å².